The molecule has 2 aromatic carbocycles. The summed E-state index contributed by atoms with van der Waals surface area (Å²) in [5.41, 5.74) is 11.5. The van der Waals surface area contributed by atoms with E-state index in [-0.39, 0.29) is 11.4 Å². The molecule has 7 heteroatoms. The van der Waals surface area contributed by atoms with Crippen LogP contribution in [-0.4, -0.2) is 8.42 Å². The molecule has 0 radical (unpaired) electrons. The second kappa shape index (κ2) is 4.77. The van der Waals surface area contributed by atoms with Gasteiger partial charge in [0.15, 0.2) is 0 Å². The van der Waals surface area contributed by atoms with Crippen LogP contribution in [-0.2, 0) is 10.1 Å². The average Bonchev–Trinajstić information content (AvgIpc) is 2.34. The first-order valence-corrected chi connectivity index (χ1v) is 6.65. The molecule has 0 aliphatic carbocycles. The summed E-state index contributed by atoms with van der Waals surface area (Å²) in [5, 5.41) is 0. The molecule has 2 rings (SSSR count). The van der Waals surface area contributed by atoms with Gasteiger partial charge in [-0.15, -0.1) is 0 Å². The monoisotopic (exact) mass is 282 g/mol. The molecule has 0 saturated carbocycles. The van der Waals surface area contributed by atoms with Gasteiger partial charge in [-0.2, -0.15) is 8.42 Å². The lowest BCUT2D eigenvalue weighted by atomic mass is 10.3. The lowest BCUT2D eigenvalue weighted by molar-refractivity contribution is 0.476. The highest BCUT2D eigenvalue weighted by atomic mass is 32.2. The summed E-state index contributed by atoms with van der Waals surface area (Å²) >= 11 is 0. The van der Waals surface area contributed by atoms with E-state index in [1.807, 2.05) is 0 Å². The average molecular weight is 282 g/mol. The lowest BCUT2D eigenvalue weighted by Gasteiger charge is -2.09. The third-order valence-electron chi connectivity index (χ3n) is 2.37. The largest absolute Gasteiger partial charge is 0.397 e. The third kappa shape index (κ3) is 2.76. The van der Waals surface area contributed by atoms with E-state index < -0.39 is 20.8 Å². The molecule has 0 bridgehead atoms. The van der Waals surface area contributed by atoms with Gasteiger partial charge in [-0.25, -0.2) is 4.39 Å². The zero-order valence-corrected chi connectivity index (χ0v) is 10.5. The van der Waals surface area contributed by atoms with Crippen LogP contribution in [0.4, 0.5) is 15.8 Å². The molecule has 0 amide bonds. The summed E-state index contributed by atoms with van der Waals surface area (Å²) in [6.07, 6.45) is 0. The van der Waals surface area contributed by atoms with Crippen molar-refractivity contribution in [2.24, 2.45) is 0 Å². The molecule has 100 valence electrons. The molecule has 0 atom stereocenters. The van der Waals surface area contributed by atoms with Crippen LogP contribution in [0.3, 0.4) is 0 Å². The maximum Gasteiger partial charge on any atom is 0.342 e. The second-order valence-corrected chi connectivity index (χ2v) is 5.27. The Morgan fingerprint density at radius 3 is 2.32 bits per heavy atom. The maximum absolute atomic E-state index is 13.4. The molecule has 0 aliphatic heterocycles. The van der Waals surface area contributed by atoms with Crippen molar-refractivity contribution < 1.29 is 17.0 Å². The minimum Gasteiger partial charge on any atom is -0.397 e. The Morgan fingerprint density at radius 1 is 1.00 bits per heavy atom. The zero-order chi connectivity index (χ0) is 14.0. The van der Waals surface area contributed by atoms with Crippen molar-refractivity contribution in [2.75, 3.05) is 11.5 Å². The molecule has 0 aliphatic rings. The van der Waals surface area contributed by atoms with Gasteiger partial charge < -0.3 is 15.7 Å². The van der Waals surface area contributed by atoms with E-state index in [0.29, 0.717) is 5.69 Å². The van der Waals surface area contributed by atoms with E-state index in [2.05, 4.69) is 0 Å². The van der Waals surface area contributed by atoms with E-state index in [4.69, 9.17) is 15.7 Å². The van der Waals surface area contributed by atoms with E-state index >= 15 is 0 Å². The molecule has 0 unspecified atom stereocenters. The van der Waals surface area contributed by atoms with Crippen molar-refractivity contribution in [3.8, 4) is 5.75 Å². The Kier molecular flexibility index (Phi) is 3.30. The van der Waals surface area contributed by atoms with Gasteiger partial charge in [-0.3, -0.25) is 0 Å². The summed E-state index contributed by atoms with van der Waals surface area (Å²) in [6.45, 7) is 0. The topological polar surface area (TPSA) is 95.4 Å². The molecule has 19 heavy (non-hydrogen) atoms. The summed E-state index contributed by atoms with van der Waals surface area (Å²) in [6, 6.07) is 8.94. The van der Waals surface area contributed by atoms with Crippen molar-refractivity contribution >= 4 is 21.5 Å². The van der Waals surface area contributed by atoms with Gasteiger partial charge in [-0.05, 0) is 24.3 Å². The predicted molar refractivity (Wildman–Crippen MR) is 69.5 cm³/mol. The van der Waals surface area contributed by atoms with Gasteiger partial charge in [-0.1, -0.05) is 12.1 Å². The number of hydrogen-bond donors (Lipinski definition) is 2. The van der Waals surface area contributed by atoms with Crippen molar-refractivity contribution in [2.45, 2.75) is 4.90 Å². The number of nitrogens with two attached hydrogens (primary N) is 2. The van der Waals surface area contributed by atoms with E-state index in [9.17, 15) is 12.8 Å². The van der Waals surface area contributed by atoms with Crippen LogP contribution in [0.15, 0.2) is 47.4 Å². The minimum atomic E-state index is -4.24. The van der Waals surface area contributed by atoms with Gasteiger partial charge in [0.1, 0.15) is 16.5 Å². The molecule has 0 aromatic heterocycles. The summed E-state index contributed by atoms with van der Waals surface area (Å²) in [7, 11) is -4.24. The molecule has 0 saturated heterocycles. The van der Waals surface area contributed by atoms with Gasteiger partial charge in [0.05, 0.1) is 11.4 Å². The number of benzene rings is 2. The van der Waals surface area contributed by atoms with Crippen molar-refractivity contribution in [3.05, 3.63) is 48.3 Å². The molecule has 5 nitrogen and oxygen atoms in total. The molecule has 4 N–H and O–H groups in total. The van der Waals surface area contributed by atoms with Crippen molar-refractivity contribution in [3.63, 3.8) is 0 Å². The Bertz CT molecular complexity index is 717. The zero-order valence-electron chi connectivity index (χ0n) is 9.71. The highest BCUT2D eigenvalue weighted by molar-refractivity contribution is 7.87. The van der Waals surface area contributed by atoms with E-state index in [1.54, 1.807) is 0 Å². The second-order valence-electron chi connectivity index (χ2n) is 3.76. The van der Waals surface area contributed by atoms with Crippen LogP contribution in [0.1, 0.15) is 0 Å². The van der Waals surface area contributed by atoms with Gasteiger partial charge in [0.2, 0.25) is 0 Å². The Labute approximate surface area is 109 Å². The van der Waals surface area contributed by atoms with Crippen molar-refractivity contribution in [1.82, 2.24) is 0 Å². The fourth-order valence-electron chi connectivity index (χ4n) is 1.42. The Morgan fingerprint density at radius 2 is 1.68 bits per heavy atom. The highest BCUT2D eigenvalue weighted by Crippen LogP contribution is 2.25. The van der Waals surface area contributed by atoms with Crippen LogP contribution in [0.2, 0.25) is 0 Å². The van der Waals surface area contributed by atoms with Crippen LogP contribution >= 0.6 is 0 Å². The summed E-state index contributed by atoms with van der Waals surface area (Å²) in [5.74, 6) is -0.916. The summed E-state index contributed by atoms with van der Waals surface area (Å²) < 4.78 is 42.0. The van der Waals surface area contributed by atoms with Crippen LogP contribution < -0.4 is 15.7 Å². The lowest BCUT2D eigenvalue weighted by Crippen LogP contribution is -2.11. The first kappa shape index (κ1) is 13.2. The molecular weight excluding hydrogens is 271 g/mol. The van der Waals surface area contributed by atoms with Gasteiger partial charge in [0, 0.05) is 6.07 Å². The standard InChI is InChI=1S/C12H11FN2O3S/c13-9-3-1-2-4-12(9)19(16,17)18-8-5-6-10(14)11(15)7-8/h1-7H,14-15H2. The molecule has 0 heterocycles. The smallest absolute Gasteiger partial charge is 0.342 e. The number of anilines is 2. The Balaban J connectivity index is 2.37. The summed E-state index contributed by atoms with van der Waals surface area (Å²) in [4.78, 5) is -0.537. The molecular formula is C12H11FN2O3S. The SMILES string of the molecule is Nc1ccc(OS(=O)(=O)c2ccccc2F)cc1N. The Hall–Kier alpha value is -2.28. The maximum atomic E-state index is 13.4. The van der Waals surface area contributed by atoms with Crippen LogP contribution in [0.25, 0.3) is 0 Å². The fourth-order valence-corrected chi connectivity index (χ4v) is 2.42. The third-order valence-corrected chi connectivity index (χ3v) is 3.65. The van der Waals surface area contributed by atoms with Gasteiger partial charge in [0.25, 0.3) is 0 Å². The number of rotatable bonds is 3. The van der Waals surface area contributed by atoms with Crippen LogP contribution in [0, 0.1) is 5.82 Å². The van der Waals surface area contributed by atoms with E-state index in [0.717, 1.165) is 12.1 Å². The quantitative estimate of drug-likeness (QED) is 0.660. The van der Waals surface area contributed by atoms with Crippen LogP contribution in [0.5, 0.6) is 5.75 Å². The first-order valence-electron chi connectivity index (χ1n) is 5.24. The normalized spacial score (nSPS) is 11.2. The number of nitrogen functional groups attached to an aromatic ring is 2. The molecule has 2 aromatic rings. The first-order chi connectivity index (χ1) is 8.90. The van der Waals surface area contributed by atoms with E-state index in [1.165, 1.54) is 30.3 Å². The number of halogens is 1. The molecule has 0 fully saturated rings. The molecule has 0 spiro atoms. The fraction of sp³-hybridized carbons (Fsp3) is 0. The van der Waals surface area contributed by atoms with Crippen molar-refractivity contribution in [1.29, 1.82) is 0 Å². The minimum absolute atomic E-state index is 0.0325. The highest BCUT2D eigenvalue weighted by Gasteiger charge is 2.21. The number of hydrogen-bond acceptors (Lipinski definition) is 5. The van der Waals surface area contributed by atoms with Gasteiger partial charge >= 0.3 is 10.1 Å². The predicted octanol–water partition coefficient (Wildman–Crippen LogP) is 1.76.